The number of thioether (sulfide) groups is 1. The van der Waals surface area contributed by atoms with Crippen molar-refractivity contribution in [2.24, 2.45) is 0 Å². The molecule has 3 aromatic carbocycles. The third kappa shape index (κ3) is 6.88. The maximum Gasteiger partial charge on any atom is 0.433 e. The average molecular weight is 565 g/mol. The highest BCUT2D eigenvalue weighted by atomic mass is 35.5. The molecule has 0 fully saturated rings. The number of allylic oxidation sites excluding steroid dienone is 1. The van der Waals surface area contributed by atoms with Gasteiger partial charge in [0.15, 0.2) is 5.78 Å². The van der Waals surface area contributed by atoms with Crippen LogP contribution < -0.4 is 4.74 Å². The third-order valence-electron chi connectivity index (χ3n) is 5.70. The molecule has 0 amide bonds. The van der Waals surface area contributed by atoms with Crippen LogP contribution in [0.25, 0.3) is 17.2 Å². The number of ketones is 1. The van der Waals surface area contributed by atoms with E-state index in [4.69, 9.17) is 16.3 Å². The summed E-state index contributed by atoms with van der Waals surface area (Å²) in [6.45, 7) is 0. The number of ether oxygens (including phenoxy) is 1. The van der Waals surface area contributed by atoms with E-state index in [1.807, 2.05) is 6.07 Å². The van der Waals surface area contributed by atoms with Crippen molar-refractivity contribution >= 4 is 35.2 Å². The summed E-state index contributed by atoms with van der Waals surface area (Å²) in [4.78, 5) is 16.3. The van der Waals surface area contributed by atoms with Crippen LogP contribution >= 0.6 is 23.4 Å². The fourth-order valence-electron chi connectivity index (χ4n) is 3.77. The van der Waals surface area contributed by atoms with Crippen molar-refractivity contribution in [1.82, 2.24) is 4.98 Å². The van der Waals surface area contributed by atoms with Gasteiger partial charge in [-0.3, -0.25) is 4.79 Å². The van der Waals surface area contributed by atoms with E-state index >= 15 is 0 Å². The van der Waals surface area contributed by atoms with E-state index in [1.165, 1.54) is 13.2 Å². The number of rotatable bonds is 8. The van der Waals surface area contributed by atoms with Gasteiger partial charge in [0.25, 0.3) is 0 Å². The highest BCUT2D eigenvalue weighted by Crippen LogP contribution is 2.38. The molecular formula is C30H20ClF3N2O2S. The van der Waals surface area contributed by atoms with Gasteiger partial charge in [0.05, 0.1) is 12.7 Å². The number of pyridine rings is 1. The number of benzene rings is 3. The Bertz CT molecular complexity index is 1560. The van der Waals surface area contributed by atoms with Gasteiger partial charge in [-0.15, -0.1) is 11.8 Å². The lowest BCUT2D eigenvalue weighted by atomic mass is 10.0. The summed E-state index contributed by atoms with van der Waals surface area (Å²) in [5, 5.41) is 10.4. The van der Waals surface area contributed by atoms with E-state index in [1.54, 1.807) is 78.9 Å². The van der Waals surface area contributed by atoms with Crippen molar-refractivity contribution in [3.63, 3.8) is 0 Å². The molecule has 0 aliphatic carbocycles. The van der Waals surface area contributed by atoms with Crippen LogP contribution in [0.4, 0.5) is 13.2 Å². The second-order valence-corrected chi connectivity index (χ2v) is 9.68. The van der Waals surface area contributed by atoms with Crippen molar-refractivity contribution in [2.45, 2.75) is 17.0 Å². The van der Waals surface area contributed by atoms with E-state index in [0.717, 1.165) is 17.8 Å². The SMILES string of the molecule is COc1ccc(/C=C/C(=O)c2ccc(Cl)cc2)cc1CSc1nc(C(F)(F)F)cc(-c2ccccc2)c1C#N. The van der Waals surface area contributed by atoms with Crippen molar-refractivity contribution in [3.8, 4) is 22.9 Å². The summed E-state index contributed by atoms with van der Waals surface area (Å²) >= 11 is 6.89. The molecule has 9 heteroatoms. The topological polar surface area (TPSA) is 63.0 Å². The first-order valence-corrected chi connectivity index (χ1v) is 12.9. The Kier molecular flexibility index (Phi) is 8.75. The van der Waals surface area contributed by atoms with Gasteiger partial charge >= 0.3 is 6.18 Å². The van der Waals surface area contributed by atoms with E-state index in [2.05, 4.69) is 4.98 Å². The van der Waals surface area contributed by atoms with Gasteiger partial charge in [-0.1, -0.05) is 54.1 Å². The molecule has 0 bridgehead atoms. The fraction of sp³-hybridized carbons (Fsp3) is 0.100. The molecule has 4 nitrogen and oxygen atoms in total. The molecule has 4 rings (SSSR count). The summed E-state index contributed by atoms with van der Waals surface area (Å²) in [6, 6.07) is 23.1. The number of alkyl halides is 3. The van der Waals surface area contributed by atoms with Crippen molar-refractivity contribution in [1.29, 1.82) is 5.26 Å². The maximum absolute atomic E-state index is 13.7. The van der Waals surface area contributed by atoms with Crippen LogP contribution in [0, 0.1) is 11.3 Å². The summed E-state index contributed by atoms with van der Waals surface area (Å²) in [6.07, 6.45) is -1.62. The zero-order valence-corrected chi connectivity index (χ0v) is 22.1. The molecule has 0 saturated carbocycles. The summed E-state index contributed by atoms with van der Waals surface area (Å²) < 4.78 is 46.6. The smallest absolute Gasteiger partial charge is 0.433 e. The van der Waals surface area contributed by atoms with Gasteiger partial charge in [-0.05, 0) is 59.7 Å². The second kappa shape index (κ2) is 12.2. The van der Waals surface area contributed by atoms with Crippen LogP contribution in [0.5, 0.6) is 5.75 Å². The lowest BCUT2D eigenvalue weighted by Gasteiger charge is -2.15. The highest BCUT2D eigenvalue weighted by molar-refractivity contribution is 7.98. The highest BCUT2D eigenvalue weighted by Gasteiger charge is 2.34. The zero-order chi connectivity index (χ0) is 28.0. The van der Waals surface area contributed by atoms with Gasteiger partial charge in [0.1, 0.15) is 22.5 Å². The van der Waals surface area contributed by atoms with Crippen molar-refractivity contribution in [2.75, 3.05) is 7.11 Å². The molecule has 0 N–H and O–H groups in total. The molecule has 1 heterocycles. The number of carbonyl (C=O) groups is 1. The predicted molar refractivity (Wildman–Crippen MR) is 147 cm³/mol. The molecule has 39 heavy (non-hydrogen) atoms. The largest absolute Gasteiger partial charge is 0.496 e. The molecule has 4 aromatic rings. The van der Waals surface area contributed by atoms with Gasteiger partial charge in [-0.25, -0.2) is 4.98 Å². The minimum absolute atomic E-state index is 0.0351. The molecular weight excluding hydrogens is 545 g/mol. The van der Waals surface area contributed by atoms with E-state index in [-0.39, 0.29) is 27.7 Å². The Morgan fingerprint density at radius 2 is 1.79 bits per heavy atom. The Hall–Kier alpha value is -4.06. The van der Waals surface area contributed by atoms with Crippen LogP contribution in [0.3, 0.4) is 0 Å². The summed E-state index contributed by atoms with van der Waals surface area (Å²) in [5.41, 5.74) is 1.46. The van der Waals surface area contributed by atoms with Crippen LogP contribution in [-0.4, -0.2) is 17.9 Å². The quantitative estimate of drug-likeness (QED) is 0.122. The van der Waals surface area contributed by atoms with E-state index in [9.17, 15) is 23.2 Å². The molecule has 196 valence electrons. The number of carbonyl (C=O) groups excluding carboxylic acids is 1. The Morgan fingerprint density at radius 1 is 1.08 bits per heavy atom. The van der Waals surface area contributed by atoms with E-state index < -0.39 is 11.9 Å². The molecule has 0 radical (unpaired) electrons. The van der Waals surface area contributed by atoms with Crippen molar-refractivity contribution in [3.05, 3.63) is 118 Å². The molecule has 0 spiro atoms. The number of halogens is 4. The van der Waals surface area contributed by atoms with Gasteiger partial charge in [0.2, 0.25) is 0 Å². The first-order valence-electron chi connectivity index (χ1n) is 11.5. The minimum atomic E-state index is -4.69. The Labute approximate surface area is 232 Å². The maximum atomic E-state index is 13.7. The van der Waals surface area contributed by atoms with E-state index in [0.29, 0.717) is 33.0 Å². The average Bonchev–Trinajstić information content (AvgIpc) is 2.94. The molecule has 0 aliphatic heterocycles. The molecule has 0 aliphatic rings. The van der Waals surface area contributed by atoms with Gasteiger partial charge < -0.3 is 4.74 Å². The number of nitriles is 1. The predicted octanol–water partition coefficient (Wildman–Crippen LogP) is 8.49. The van der Waals surface area contributed by atoms with Crippen LogP contribution in [0.15, 0.2) is 90.0 Å². The number of nitrogens with zero attached hydrogens (tertiary/aromatic N) is 2. The molecule has 0 saturated heterocycles. The number of methoxy groups -OCH3 is 1. The first-order chi connectivity index (χ1) is 18.7. The summed E-state index contributed by atoms with van der Waals surface area (Å²) in [7, 11) is 1.49. The number of aromatic nitrogens is 1. The lowest BCUT2D eigenvalue weighted by Crippen LogP contribution is -2.10. The van der Waals surface area contributed by atoms with Crippen molar-refractivity contribution < 1.29 is 22.7 Å². The third-order valence-corrected chi connectivity index (χ3v) is 6.97. The van der Waals surface area contributed by atoms with Gasteiger partial charge in [0, 0.05) is 27.5 Å². The van der Waals surface area contributed by atoms with Crippen LogP contribution in [0.2, 0.25) is 5.02 Å². The van der Waals surface area contributed by atoms with Gasteiger partial charge in [-0.2, -0.15) is 18.4 Å². The molecule has 0 atom stereocenters. The van der Waals surface area contributed by atoms with Crippen LogP contribution in [-0.2, 0) is 11.9 Å². The molecule has 1 aromatic heterocycles. The second-order valence-electron chi connectivity index (χ2n) is 8.28. The van der Waals surface area contributed by atoms with Crippen LogP contribution in [0.1, 0.15) is 32.7 Å². The minimum Gasteiger partial charge on any atom is -0.496 e. The summed E-state index contributed by atoms with van der Waals surface area (Å²) in [5.74, 6) is 0.476. The number of hydrogen-bond donors (Lipinski definition) is 0. The Balaban J connectivity index is 1.65. The Morgan fingerprint density at radius 3 is 2.44 bits per heavy atom. The molecule has 0 unspecified atom stereocenters. The monoisotopic (exact) mass is 564 g/mol. The normalized spacial score (nSPS) is 11.4. The fourth-order valence-corrected chi connectivity index (χ4v) is 4.87. The lowest BCUT2D eigenvalue weighted by molar-refractivity contribution is -0.141. The zero-order valence-electron chi connectivity index (χ0n) is 20.5. The standard InChI is InChI=1S/C30H20ClF3N2O2S/c1-38-27-14-8-19(7-13-26(37)21-9-11-23(31)12-10-21)15-22(27)18-39-29-25(17-35)24(20-5-3-2-4-6-20)16-28(36-29)30(32,33)34/h2-16H,18H2,1H3/b13-7+. The number of hydrogen-bond acceptors (Lipinski definition) is 5. The first kappa shape index (κ1) is 28.0.